The van der Waals surface area contributed by atoms with E-state index in [2.05, 4.69) is 6.92 Å². The minimum absolute atomic E-state index is 0.0936. The van der Waals surface area contributed by atoms with Crippen LogP contribution in [0.15, 0.2) is 12.1 Å². The largest absolute Gasteiger partial charge is 0.494 e. The third-order valence-electron chi connectivity index (χ3n) is 2.47. The Balaban J connectivity index is 3.23. The second kappa shape index (κ2) is 4.96. The highest BCUT2D eigenvalue weighted by Gasteiger charge is 2.09. The Morgan fingerprint density at radius 3 is 2.47 bits per heavy atom. The van der Waals surface area contributed by atoms with E-state index < -0.39 is 0 Å². The first-order chi connectivity index (χ1) is 7.10. The van der Waals surface area contributed by atoms with Crippen LogP contribution in [0, 0.1) is 6.92 Å². The van der Waals surface area contributed by atoms with Crippen LogP contribution in [-0.4, -0.2) is 12.4 Å². The summed E-state index contributed by atoms with van der Waals surface area (Å²) in [5.74, 6) is 0.937. The fraction of sp³-hybridized carbons (Fsp3) is 0.462. The molecule has 0 amide bonds. The molecule has 0 aliphatic heterocycles. The van der Waals surface area contributed by atoms with Gasteiger partial charge in [-0.15, -0.1) is 0 Å². The normalized spacial score (nSPS) is 10.1. The molecule has 15 heavy (non-hydrogen) atoms. The van der Waals surface area contributed by atoms with Gasteiger partial charge in [0.1, 0.15) is 5.75 Å². The third kappa shape index (κ3) is 2.58. The second-order valence-corrected chi connectivity index (χ2v) is 3.62. The van der Waals surface area contributed by atoms with E-state index in [9.17, 15) is 4.79 Å². The van der Waals surface area contributed by atoms with Gasteiger partial charge < -0.3 is 4.74 Å². The molecular weight excluding hydrogens is 188 g/mol. The summed E-state index contributed by atoms with van der Waals surface area (Å²) in [5, 5.41) is 0. The van der Waals surface area contributed by atoms with E-state index in [4.69, 9.17) is 4.74 Å². The Hall–Kier alpha value is -1.31. The molecule has 0 saturated heterocycles. The number of Topliss-reactive ketones (excluding diaryl/α,β-unsaturated/α-hetero) is 1. The Kier molecular flexibility index (Phi) is 3.89. The Morgan fingerprint density at radius 2 is 2.00 bits per heavy atom. The highest BCUT2D eigenvalue weighted by Crippen LogP contribution is 2.24. The van der Waals surface area contributed by atoms with E-state index in [0.29, 0.717) is 6.61 Å². The van der Waals surface area contributed by atoms with Crippen molar-refractivity contribution < 1.29 is 9.53 Å². The van der Waals surface area contributed by atoms with Crippen LogP contribution < -0.4 is 4.74 Å². The van der Waals surface area contributed by atoms with Crippen LogP contribution in [-0.2, 0) is 6.42 Å². The van der Waals surface area contributed by atoms with Gasteiger partial charge in [-0.05, 0) is 44.4 Å². The number of ketones is 1. The highest BCUT2D eigenvalue weighted by molar-refractivity contribution is 5.96. The maximum absolute atomic E-state index is 11.4. The van der Waals surface area contributed by atoms with Crippen molar-refractivity contribution in [3.05, 3.63) is 28.8 Å². The van der Waals surface area contributed by atoms with Gasteiger partial charge in [0.05, 0.1) is 6.61 Å². The second-order valence-electron chi connectivity index (χ2n) is 3.62. The molecule has 0 radical (unpaired) electrons. The van der Waals surface area contributed by atoms with Crippen molar-refractivity contribution in [2.24, 2.45) is 0 Å². The first-order valence-corrected chi connectivity index (χ1v) is 5.37. The van der Waals surface area contributed by atoms with E-state index in [1.54, 1.807) is 6.92 Å². The van der Waals surface area contributed by atoms with Crippen molar-refractivity contribution in [2.75, 3.05) is 6.61 Å². The molecule has 1 aromatic carbocycles. The van der Waals surface area contributed by atoms with Gasteiger partial charge in [-0.25, -0.2) is 0 Å². The molecule has 1 rings (SSSR count). The van der Waals surface area contributed by atoms with E-state index >= 15 is 0 Å². The van der Waals surface area contributed by atoms with Crippen LogP contribution in [0.3, 0.4) is 0 Å². The maximum Gasteiger partial charge on any atom is 0.160 e. The summed E-state index contributed by atoms with van der Waals surface area (Å²) in [6.07, 6.45) is 0.925. The van der Waals surface area contributed by atoms with E-state index in [0.717, 1.165) is 23.3 Å². The summed E-state index contributed by atoms with van der Waals surface area (Å²) in [4.78, 5) is 11.4. The monoisotopic (exact) mass is 206 g/mol. The average Bonchev–Trinajstić information content (AvgIpc) is 2.20. The number of ether oxygens (including phenoxy) is 1. The van der Waals surface area contributed by atoms with Gasteiger partial charge in [-0.3, -0.25) is 4.79 Å². The fourth-order valence-electron chi connectivity index (χ4n) is 1.69. The lowest BCUT2D eigenvalue weighted by Gasteiger charge is -2.12. The van der Waals surface area contributed by atoms with Crippen molar-refractivity contribution in [3.8, 4) is 5.75 Å². The zero-order valence-corrected chi connectivity index (χ0v) is 9.89. The summed E-state index contributed by atoms with van der Waals surface area (Å²) < 4.78 is 5.52. The van der Waals surface area contributed by atoms with E-state index in [1.807, 2.05) is 26.0 Å². The lowest BCUT2D eigenvalue weighted by atomic mass is 10.00. The minimum Gasteiger partial charge on any atom is -0.494 e. The topological polar surface area (TPSA) is 26.3 Å². The van der Waals surface area contributed by atoms with Crippen LogP contribution in [0.2, 0.25) is 0 Å². The SMILES string of the molecule is CCOc1cc(C(C)=O)c(C)cc1CC. The molecule has 0 saturated carbocycles. The van der Waals surface area contributed by atoms with E-state index in [1.165, 1.54) is 5.56 Å². The number of rotatable bonds is 4. The van der Waals surface area contributed by atoms with Gasteiger partial charge in [0.15, 0.2) is 5.78 Å². The van der Waals surface area contributed by atoms with Gasteiger partial charge in [0.2, 0.25) is 0 Å². The van der Waals surface area contributed by atoms with Crippen LogP contribution in [0.1, 0.15) is 42.3 Å². The zero-order chi connectivity index (χ0) is 11.4. The lowest BCUT2D eigenvalue weighted by Crippen LogP contribution is -2.02. The molecule has 0 spiro atoms. The van der Waals surface area contributed by atoms with Crippen molar-refractivity contribution in [2.45, 2.75) is 34.1 Å². The standard InChI is InChI=1S/C13H18O2/c1-5-11-7-9(3)12(10(4)14)8-13(11)15-6-2/h7-8H,5-6H2,1-4H3. The fourth-order valence-corrected chi connectivity index (χ4v) is 1.69. The maximum atomic E-state index is 11.4. The van der Waals surface area contributed by atoms with E-state index in [-0.39, 0.29) is 5.78 Å². The molecule has 0 bridgehead atoms. The average molecular weight is 206 g/mol. The summed E-state index contributed by atoms with van der Waals surface area (Å²) >= 11 is 0. The molecule has 2 heteroatoms. The summed E-state index contributed by atoms with van der Waals surface area (Å²) in [5.41, 5.74) is 2.96. The Morgan fingerprint density at radius 1 is 1.33 bits per heavy atom. The summed E-state index contributed by atoms with van der Waals surface area (Å²) in [7, 11) is 0. The van der Waals surface area contributed by atoms with Crippen molar-refractivity contribution in [1.29, 1.82) is 0 Å². The minimum atomic E-state index is 0.0936. The van der Waals surface area contributed by atoms with Crippen molar-refractivity contribution >= 4 is 5.78 Å². The van der Waals surface area contributed by atoms with Crippen LogP contribution in [0.4, 0.5) is 0 Å². The number of carbonyl (C=O) groups excluding carboxylic acids is 1. The molecule has 0 atom stereocenters. The molecule has 1 aromatic rings. The first-order valence-electron chi connectivity index (χ1n) is 5.37. The van der Waals surface area contributed by atoms with Gasteiger partial charge in [0, 0.05) is 5.56 Å². The summed E-state index contributed by atoms with van der Waals surface area (Å²) in [6, 6.07) is 3.90. The molecule has 0 heterocycles. The van der Waals surface area contributed by atoms with Crippen LogP contribution in [0.5, 0.6) is 5.75 Å². The number of aryl methyl sites for hydroxylation is 2. The Bertz CT molecular complexity index is 367. The molecular formula is C13H18O2. The molecule has 2 nitrogen and oxygen atoms in total. The smallest absolute Gasteiger partial charge is 0.160 e. The highest BCUT2D eigenvalue weighted by atomic mass is 16.5. The van der Waals surface area contributed by atoms with Crippen molar-refractivity contribution in [3.63, 3.8) is 0 Å². The molecule has 0 aliphatic carbocycles. The summed E-state index contributed by atoms with van der Waals surface area (Å²) in [6.45, 7) is 8.22. The molecule has 0 aromatic heterocycles. The third-order valence-corrected chi connectivity index (χ3v) is 2.47. The number of carbonyl (C=O) groups is 1. The molecule has 0 fully saturated rings. The van der Waals surface area contributed by atoms with Gasteiger partial charge in [-0.1, -0.05) is 13.0 Å². The zero-order valence-electron chi connectivity index (χ0n) is 9.89. The lowest BCUT2D eigenvalue weighted by molar-refractivity contribution is 0.101. The molecule has 0 unspecified atom stereocenters. The Labute approximate surface area is 91.3 Å². The molecule has 0 N–H and O–H groups in total. The van der Waals surface area contributed by atoms with Gasteiger partial charge in [-0.2, -0.15) is 0 Å². The number of benzene rings is 1. The molecule has 0 aliphatic rings. The molecule has 82 valence electrons. The van der Waals surface area contributed by atoms with Crippen LogP contribution in [0.25, 0.3) is 0 Å². The number of hydrogen-bond donors (Lipinski definition) is 0. The quantitative estimate of drug-likeness (QED) is 0.707. The number of hydrogen-bond acceptors (Lipinski definition) is 2. The van der Waals surface area contributed by atoms with Gasteiger partial charge in [0.25, 0.3) is 0 Å². The predicted molar refractivity (Wildman–Crippen MR) is 61.7 cm³/mol. The van der Waals surface area contributed by atoms with Crippen molar-refractivity contribution in [1.82, 2.24) is 0 Å². The van der Waals surface area contributed by atoms with Crippen LogP contribution >= 0.6 is 0 Å². The first kappa shape index (κ1) is 11.8. The van der Waals surface area contributed by atoms with Gasteiger partial charge >= 0.3 is 0 Å². The predicted octanol–water partition coefficient (Wildman–Crippen LogP) is 3.16.